The van der Waals surface area contributed by atoms with E-state index in [1.807, 2.05) is 61.5 Å². The minimum absolute atomic E-state index is 0.303. The predicted molar refractivity (Wildman–Crippen MR) is 96.8 cm³/mol. The minimum Gasteiger partial charge on any atom is -0.494 e. The Bertz CT molecular complexity index is 688. The number of hydrogen-bond acceptors (Lipinski definition) is 4. The van der Waals surface area contributed by atoms with Crippen molar-refractivity contribution in [3.63, 3.8) is 0 Å². The number of rotatable bonds is 7. The Morgan fingerprint density at radius 3 is 2.25 bits per heavy atom. The molecule has 2 rings (SSSR count). The third-order valence-corrected chi connectivity index (χ3v) is 3.44. The molecule has 0 amide bonds. The number of hydrogen-bond donors (Lipinski definition) is 1. The molecule has 0 bridgehead atoms. The van der Waals surface area contributed by atoms with Crippen LogP contribution in [0.25, 0.3) is 6.08 Å². The lowest BCUT2D eigenvalue weighted by Crippen LogP contribution is -2.10. The van der Waals surface area contributed by atoms with Crippen LogP contribution in [-0.2, 0) is 16.0 Å². The van der Waals surface area contributed by atoms with E-state index < -0.39 is 0 Å². The summed E-state index contributed by atoms with van der Waals surface area (Å²) in [5.41, 5.74) is 8.93. The van der Waals surface area contributed by atoms with E-state index in [-0.39, 0.29) is 5.97 Å². The van der Waals surface area contributed by atoms with Crippen LogP contribution in [0.3, 0.4) is 0 Å². The van der Waals surface area contributed by atoms with Crippen LogP contribution in [-0.4, -0.2) is 19.2 Å². The Kier molecular flexibility index (Phi) is 6.43. The van der Waals surface area contributed by atoms with Crippen molar-refractivity contribution in [2.24, 2.45) is 0 Å². The maximum Gasteiger partial charge on any atom is 0.334 e. The van der Waals surface area contributed by atoms with Crippen LogP contribution in [0.4, 0.5) is 5.69 Å². The summed E-state index contributed by atoms with van der Waals surface area (Å²) in [4.78, 5) is 12.2. The molecule has 2 aromatic carbocycles. The molecule has 0 saturated heterocycles. The molecule has 4 heteroatoms. The molecule has 24 heavy (non-hydrogen) atoms. The van der Waals surface area contributed by atoms with Crippen molar-refractivity contribution < 1.29 is 14.3 Å². The van der Waals surface area contributed by atoms with Crippen molar-refractivity contribution >= 4 is 17.7 Å². The van der Waals surface area contributed by atoms with E-state index in [0.29, 0.717) is 30.9 Å². The van der Waals surface area contributed by atoms with Crippen LogP contribution in [0.15, 0.2) is 54.1 Å². The molecular formula is C20H23NO3. The van der Waals surface area contributed by atoms with Crippen LogP contribution in [0.1, 0.15) is 25.0 Å². The molecule has 0 fully saturated rings. The van der Waals surface area contributed by atoms with Gasteiger partial charge in [0.05, 0.1) is 13.2 Å². The molecule has 0 spiro atoms. The van der Waals surface area contributed by atoms with Gasteiger partial charge in [0.1, 0.15) is 5.75 Å². The highest BCUT2D eigenvalue weighted by atomic mass is 16.5. The summed E-state index contributed by atoms with van der Waals surface area (Å²) in [6.07, 6.45) is 2.34. The van der Waals surface area contributed by atoms with E-state index in [0.717, 1.165) is 16.9 Å². The molecular weight excluding hydrogens is 302 g/mol. The summed E-state index contributed by atoms with van der Waals surface area (Å²) >= 11 is 0. The lowest BCUT2D eigenvalue weighted by Gasteiger charge is -2.09. The summed E-state index contributed by atoms with van der Waals surface area (Å²) < 4.78 is 10.6. The zero-order valence-electron chi connectivity index (χ0n) is 14.1. The number of benzene rings is 2. The first-order valence-corrected chi connectivity index (χ1v) is 8.07. The molecule has 0 aromatic heterocycles. The molecule has 0 saturated carbocycles. The van der Waals surface area contributed by atoms with E-state index in [1.165, 1.54) is 0 Å². The summed E-state index contributed by atoms with van der Waals surface area (Å²) in [5, 5.41) is 0. The van der Waals surface area contributed by atoms with Gasteiger partial charge in [0.2, 0.25) is 0 Å². The van der Waals surface area contributed by atoms with Crippen LogP contribution in [0.5, 0.6) is 5.75 Å². The predicted octanol–water partition coefficient (Wildman–Crippen LogP) is 3.86. The van der Waals surface area contributed by atoms with E-state index >= 15 is 0 Å². The van der Waals surface area contributed by atoms with Crippen molar-refractivity contribution in [3.05, 3.63) is 65.2 Å². The summed E-state index contributed by atoms with van der Waals surface area (Å²) in [6, 6.07) is 15.1. The van der Waals surface area contributed by atoms with E-state index in [2.05, 4.69) is 0 Å². The summed E-state index contributed by atoms with van der Waals surface area (Å²) in [6.45, 7) is 4.73. The van der Waals surface area contributed by atoms with Gasteiger partial charge >= 0.3 is 5.97 Å². The average Bonchev–Trinajstić information content (AvgIpc) is 2.58. The van der Waals surface area contributed by atoms with Crippen LogP contribution < -0.4 is 10.5 Å². The topological polar surface area (TPSA) is 61.5 Å². The summed E-state index contributed by atoms with van der Waals surface area (Å²) in [5.74, 6) is 0.518. The number of nitrogen functional groups attached to an aromatic ring is 1. The highest BCUT2D eigenvalue weighted by molar-refractivity contribution is 5.94. The van der Waals surface area contributed by atoms with Crippen molar-refractivity contribution in [2.75, 3.05) is 18.9 Å². The number of esters is 1. The lowest BCUT2D eigenvalue weighted by atomic mass is 10.0. The molecule has 0 aliphatic rings. The quantitative estimate of drug-likeness (QED) is 0.477. The molecule has 126 valence electrons. The van der Waals surface area contributed by atoms with Gasteiger partial charge in [0, 0.05) is 17.7 Å². The van der Waals surface area contributed by atoms with Crippen molar-refractivity contribution in [1.29, 1.82) is 0 Å². The first-order chi connectivity index (χ1) is 11.6. The number of ether oxygens (including phenoxy) is 2. The average molecular weight is 325 g/mol. The van der Waals surface area contributed by atoms with Gasteiger partial charge in [-0.3, -0.25) is 0 Å². The SMILES string of the molecule is CCOC(=O)C(=Cc1ccc(N)cc1)Cc1ccc(OCC)cc1. The van der Waals surface area contributed by atoms with Crippen LogP contribution in [0.2, 0.25) is 0 Å². The van der Waals surface area contributed by atoms with E-state index in [1.54, 1.807) is 6.92 Å². The van der Waals surface area contributed by atoms with Crippen molar-refractivity contribution in [2.45, 2.75) is 20.3 Å². The van der Waals surface area contributed by atoms with Crippen LogP contribution >= 0.6 is 0 Å². The van der Waals surface area contributed by atoms with Gasteiger partial charge in [0.25, 0.3) is 0 Å². The maximum atomic E-state index is 12.2. The Labute approximate surface area is 142 Å². The molecule has 0 radical (unpaired) electrons. The summed E-state index contributed by atoms with van der Waals surface area (Å²) in [7, 11) is 0. The highest BCUT2D eigenvalue weighted by Gasteiger charge is 2.12. The van der Waals surface area contributed by atoms with Crippen LogP contribution in [0, 0.1) is 0 Å². The van der Waals surface area contributed by atoms with Gasteiger partial charge in [-0.1, -0.05) is 24.3 Å². The van der Waals surface area contributed by atoms with Gasteiger partial charge < -0.3 is 15.2 Å². The third-order valence-electron chi connectivity index (χ3n) is 3.44. The number of carbonyl (C=O) groups is 1. The highest BCUT2D eigenvalue weighted by Crippen LogP contribution is 2.18. The third kappa shape index (κ3) is 5.16. The Hall–Kier alpha value is -2.75. The molecule has 4 nitrogen and oxygen atoms in total. The Morgan fingerprint density at radius 2 is 1.67 bits per heavy atom. The van der Waals surface area contributed by atoms with Gasteiger partial charge in [-0.05, 0) is 55.3 Å². The Balaban J connectivity index is 2.22. The smallest absolute Gasteiger partial charge is 0.334 e. The monoisotopic (exact) mass is 325 g/mol. The van der Waals surface area contributed by atoms with Gasteiger partial charge in [-0.15, -0.1) is 0 Å². The first-order valence-electron chi connectivity index (χ1n) is 8.07. The zero-order valence-corrected chi connectivity index (χ0v) is 14.1. The molecule has 0 heterocycles. The fraction of sp³-hybridized carbons (Fsp3) is 0.250. The second kappa shape index (κ2) is 8.77. The Morgan fingerprint density at radius 1 is 1.00 bits per heavy atom. The molecule has 0 aliphatic carbocycles. The molecule has 2 aromatic rings. The second-order valence-electron chi connectivity index (χ2n) is 5.31. The number of nitrogens with two attached hydrogens (primary N) is 1. The van der Waals surface area contributed by atoms with Crippen molar-refractivity contribution in [3.8, 4) is 5.75 Å². The van der Waals surface area contributed by atoms with E-state index in [4.69, 9.17) is 15.2 Å². The molecule has 0 unspecified atom stereocenters. The fourth-order valence-corrected chi connectivity index (χ4v) is 2.29. The standard InChI is InChI=1S/C20H23NO3/c1-3-23-19-11-7-16(8-12-19)14-17(20(22)24-4-2)13-15-5-9-18(21)10-6-15/h5-13H,3-4,14,21H2,1-2H3. The van der Waals surface area contributed by atoms with Gasteiger partial charge in [-0.2, -0.15) is 0 Å². The number of carbonyl (C=O) groups excluding carboxylic acids is 1. The second-order valence-corrected chi connectivity index (χ2v) is 5.31. The fourth-order valence-electron chi connectivity index (χ4n) is 2.29. The zero-order chi connectivity index (χ0) is 17.4. The number of anilines is 1. The molecule has 0 atom stereocenters. The lowest BCUT2D eigenvalue weighted by molar-refractivity contribution is -0.138. The maximum absolute atomic E-state index is 12.2. The minimum atomic E-state index is -0.303. The molecule has 2 N–H and O–H groups in total. The van der Waals surface area contributed by atoms with Gasteiger partial charge in [-0.25, -0.2) is 4.79 Å². The molecule has 0 aliphatic heterocycles. The first kappa shape index (κ1) is 17.6. The largest absolute Gasteiger partial charge is 0.494 e. The normalized spacial score (nSPS) is 11.2. The van der Waals surface area contributed by atoms with Gasteiger partial charge in [0.15, 0.2) is 0 Å². The van der Waals surface area contributed by atoms with Crippen molar-refractivity contribution in [1.82, 2.24) is 0 Å². The van der Waals surface area contributed by atoms with E-state index in [9.17, 15) is 4.79 Å².